The SMILES string of the molecule is CC(=O)N1CCN(C(=O)c2ccc(Nc3nccc(-c4ccc(S(=O)(=O)c5ccncc5)cc4)n3)cc2)CC1. The van der Waals surface area contributed by atoms with Crippen LogP contribution in [0.25, 0.3) is 11.3 Å². The monoisotopic (exact) mass is 542 g/mol. The number of nitrogens with zero attached hydrogens (tertiary/aromatic N) is 5. The topological polar surface area (TPSA) is 125 Å². The van der Waals surface area contributed by atoms with Gasteiger partial charge >= 0.3 is 0 Å². The summed E-state index contributed by atoms with van der Waals surface area (Å²) in [6.07, 6.45) is 4.51. The summed E-state index contributed by atoms with van der Waals surface area (Å²) < 4.78 is 25.7. The number of carbonyl (C=O) groups excluding carboxylic acids is 2. The lowest BCUT2D eigenvalue weighted by molar-refractivity contribution is -0.130. The smallest absolute Gasteiger partial charge is 0.253 e. The highest BCUT2D eigenvalue weighted by molar-refractivity contribution is 7.91. The van der Waals surface area contributed by atoms with Crippen molar-refractivity contribution in [3.05, 3.63) is 90.9 Å². The molecule has 11 heteroatoms. The molecule has 0 radical (unpaired) electrons. The summed E-state index contributed by atoms with van der Waals surface area (Å²) in [5, 5.41) is 3.14. The van der Waals surface area contributed by atoms with Gasteiger partial charge < -0.3 is 15.1 Å². The van der Waals surface area contributed by atoms with Crippen LogP contribution in [0.1, 0.15) is 17.3 Å². The first kappa shape index (κ1) is 26.0. The number of sulfone groups is 1. The molecule has 3 heterocycles. The summed E-state index contributed by atoms with van der Waals surface area (Å²) in [6, 6.07) is 18.2. The van der Waals surface area contributed by atoms with Crippen molar-refractivity contribution in [2.75, 3.05) is 31.5 Å². The van der Waals surface area contributed by atoms with Gasteiger partial charge in [-0.25, -0.2) is 18.4 Å². The molecule has 1 fully saturated rings. The number of pyridine rings is 1. The van der Waals surface area contributed by atoms with Crippen molar-refractivity contribution in [2.45, 2.75) is 16.7 Å². The van der Waals surface area contributed by atoms with Crippen LogP contribution in [0.15, 0.2) is 95.1 Å². The highest BCUT2D eigenvalue weighted by Gasteiger charge is 2.23. The van der Waals surface area contributed by atoms with Crippen LogP contribution in [0.5, 0.6) is 0 Å². The molecule has 198 valence electrons. The molecule has 0 atom stereocenters. The van der Waals surface area contributed by atoms with Crippen LogP contribution < -0.4 is 5.32 Å². The summed E-state index contributed by atoms with van der Waals surface area (Å²) in [5.74, 6) is 0.313. The Kier molecular flexibility index (Phi) is 7.33. The Morgan fingerprint density at radius 3 is 2.03 bits per heavy atom. The van der Waals surface area contributed by atoms with Gasteiger partial charge in [0.05, 0.1) is 15.5 Å². The average Bonchev–Trinajstić information content (AvgIpc) is 2.98. The Balaban J connectivity index is 1.25. The molecule has 5 rings (SSSR count). The van der Waals surface area contributed by atoms with Crippen molar-refractivity contribution in [3.63, 3.8) is 0 Å². The Morgan fingerprint density at radius 1 is 0.769 bits per heavy atom. The molecule has 1 aliphatic heterocycles. The lowest BCUT2D eigenvalue weighted by atomic mass is 10.1. The predicted octanol–water partition coefficient (Wildman–Crippen LogP) is 3.42. The molecular formula is C28H26N6O4S. The second kappa shape index (κ2) is 11.0. The number of anilines is 2. The molecule has 0 spiro atoms. The van der Waals surface area contributed by atoms with Crippen molar-refractivity contribution in [1.82, 2.24) is 24.8 Å². The van der Waals surface area contributed by atoms with E-state index in [1.807, 2.05) is 0 Å². The second-order valence-corrected chi connectivity index (χ2v) is 10.9. The molecule has 2 aromatic carbocycles. The fourth-order valence-electron chi connectivity index (χ4n) is 4.27. The summed E-state index contributed by atoms with van der Waals surface area (Å²) in [7, 11) is -3.64. The van der Waals surface area contributed by atoms with Crippen molar-refractivity contribution >= 4 is 33.3 Å². The molecule has 10 nitrogen and oxygen atoms in total. The van der Waals surface area contributed by atoms with Crippen molar-refractivity contribution in [3.8, 4) is 11.3 Å². The minimum atomic E-state index is -3.64. The van der Waals surface area contributed by atoms with Gasteiger partial charge in [0.25, 0.3) is 5.91 Å². The van der Waals surface area contributed by atoms with Crippen molar-refractivity contribution in [2.24, 2.45) is 0 Å². The van der Waals surface area contributed by atoms with E-state index in [0.717, 1.165) is 5.56 Å². The van der Waals surface area contributed by atoms with E-state index in [1.165, 1.54) is 31.5 Å². The van der Waals surface area contributed by atoms with E-state index in [9.17, 15) is 18.0 Å². The lowest BCUT2D eigenvalue weighted by Crippen LogP contribution is -2.50. The third-order valence-electron chi connectivity index (χ3n) is 6.48. The molecule has 1 N–H and O–H groups in total. The summed E-state index contributed by atoms with van der Waals surface area (Å²) in [5.41, 5.74) is 2.63. The van der Waals surface area contributed by atoms with E-state index in [2.05, 4.69) is 20.3 Å². The number of benzene rings is 2. The summed E-state index contributed by atoms with van der Waals surface area (Å²) >= 11 is 0. The van der Waals surface area contributed by atoms with Crippen LogP contribution in [0.2, 0.25) is 0 Å². The van der Waals surface area contributed by atoms with Gasteiger partial charge in [-0.3, -0.25) is 14.6 Å². The summed E-state index contributed by atoms with van der Waals surface area (Å²) in [6.45, 7) is 3.64. The molecule has 1 saturated heterocycles. The molecule has 0 saturated carbocycles. The van der Waals surface area contributed by atoms with Crippen molar-refractivity contribution in [1.29, 1.82) is 0 Å². The van der Waals surface area contributed by atoms with Crippen LogP contribution >= 0.6 is 0 Å². The fourth-order valence-corrected chi connectivity index (χ4v) is 5.52. The molecule has 2 amide bonds. The molecule has 0 bridgehead atoms. The first-order valence-corrected chi connectivity index (χ1v) is 13.8. The van der Waals surface area contributed by atoms with Gasteiger partial charge in [-0.2, -0.15) is 0 Å². The second-order valence-electron chi connectivity index (χ2n) is 8.98. The van der Waals surface area contributed by atoms with Crippen LogP contribution in [-0.2, 0) is 14.6 Å². The van der Waals surface area contributed by atoms with Gasteiger partial charge in [-0.15, -0.1) is 0 Å². The third-order valence-corrected chi connectivity index (χ3v) is 8.26. The van der Waals surface area contributed by atoms with Gasteiger partial charge in [0.1, 0.15) is 0 Å². The van der Waals surface area contributed by atoms with Crippen LogP contribution in [0.3, 0.4) is 0 Å². The van der Waals surface area contributed by atoms with Gasteiger partial charge in [0, 0.05) is 68.5 Å². The summed E-state index contributed by atoms with van der Waals surface area (Å²) in [4.78, 5) is 40.9. The number of hydrogen-bond donors (Lipinski definition) is 1. The minimum Gasteiger partial charge on any atom is -0.339 e. The van der Waals surface area contributed by atoms with Gasteiger partial charge in [-0.1, -0.05) is 12.1 Å². The Hall–Kier alpha value is -4.64. The maximum atomic E-state index is 12.9. The Labute approximate surface area is 226 Å². The lowest BCUT2D eigenvalue weighted by Gasteiger charge is -2.34. The average molecular weight is 543 g/mol. The molecule has 39 heavy (non-hydrogen) atoms. The number of rotatable bonds is 6. The fraction of sp³-hybridized carbons (Fsp3) is 0.179. The van der Waals surface area contributed by atoms with E-state index < -0.39 is 9.84 Å². The predicted molar refractivity (Wildman–Crippen MR) is 145 cm³/mol. The van der Waals surface area contributed by atoms with Crippen LogP contribution in [0.4, 0.5) is 11.6 Å². The first-order valence-electron chi connectivity index (χ1n) is 12.3. The van der Waals surface area contributed by atoms with Crippen molar-refractivity contribution < 1.29 is 18.0 Å². The quantitative estimate of drug-likeness (QED) is 0.393. The largest absolute Gasteiger partial charge is 0.339 e. The first-order chi connectivity index (χ1) is 18.8. The Bertz CT molecular complexity index is 1590. The normalized spacial score (nSPS) is 13.7. The standard InChI is InChI=1S/C28H26N6O4S/c1-20(35)33-16-18-34(19-17-33)27(36)22-2-6-23(7-3-22)31-28-30-15-12-26(32-28)21-4-8-24(9-5-21)39(37,38)25-10-13-29-14-11-25/h2-15H,16-19H2,1H3,(H,30,31,32). The van der Waals surface area contributed by atoms with Gasteiger partial charge in [-0.05, 0) is 54.6 Å². The van der Waals surface area contributed by atoms with E-state index in [4.69, 9.17) is 0 Å². The number of amides is 2. The highest BCUT2D eigenvalue weighted by Crippen LogP contribution is 2.25. The molecule has 0 unspecified atom stereocenters. The Morgan fingerprint density at radius 2 is 1.38 bits per heavy atom. The van der Waals surface area contributed by atoms with Gasteiger partial charge in [0.2, 0.25) is 21.7 Å². The molecule has 1 aliphatic rings. The maximum Gasteiger partial charge on any atom is 0.253 e. The zero-order chi connectivity index (χ0) is 27.4. The van der Waals surface area contributed by atoms with Crippen LogP contribution in [0, 0.1) is 0 Å². The zero-order valence-corrected chi connectivity index (χ0v) is 22.0. The molecule has 2 aromatic heterocycles. The zero-order valence-electron chi connectivity index (χ0n) is 21.2. The number of piperazine rings is 1. The van der Waals surface area contributed by atoms with Crippen LogP contribution in [-0.4, -0.2) is 71.2 Å². The minimum absolute atomic E-state index is 0.0230. The van der Waals surface area contributed by atoms with E-state index >= 15 is 0 Å². The number of nitrogens with one attached hydrogen (secondary N) is 1. The molecule has 0 aliphatic carbocycles. The maximum absolute atomic E-state index is 12.9. The van der Waals surface area contributed by atoms with E-state index in [-0.39, 0.29) is 21.6 Å². The molecule has 4 aromatic rings. The molecular weight excluding hydrogens is 516 g/mol. The van der Waals surface area contributed by atoms with E-state index in [1.54, 1.807) is 70.6 Å². The van der Waals surface area contributed by atoms with E-state index in [0.29, 0.717) is 49.1 Å². The third kappa shape index (κ3) is 5.78. The number of aromatic nitrogens is 3. The number of hydrogen-bond acceptors (Lipinski definition) is 8. The number of carbonyl (C=O) groups is 2. The van der Waals surface area contributed by atoms with Gasteiger partial charge in [0.15, 0.2) is 0 Å². The highest BCUT2D eigenvalue weighted by atomic mass is 32.2.